The highest BCUT2D eigenvalue weighted by atomic mass is 32.1. The standard InChI is InChI=1S/C27H46N4OS/c1-21(2)23-10-8-22(9-11-23)20-31(13-7-12-30-14-16-32-17-15-30)25(33)28-24-18-26(3,4)29-27(5,6)19-24/h8-11,21,24,29H,7,12-20H2,1-6H3,(H,28,33). The van der Waals surface area contributed by atoms with Crippen LogP contribution in [0.3, 0.4) is 0 Å². The first-order chi connectivity index (χ1) is 15.5. The lowest BCUT2D eigenvalue weighted by atomic mass is 9.80. The fraction of sp³-hybridized carbons (Fsp3) is 0.741. The van der Waals surface area contributed by atoms with Crippen LogP contribution in [-0.2, 0) is 11.3 Å². The maximum atomic E-state index is 6.00. The molecule has 33 heavy (non-hydrogen) atoms. The molecule has 2 N–H and O–H groups in total. The van der Waals surface area contributed by atoms with E-state index in [2.05, 4.69) is 86.2 Å². The Balaban J connectivity index is 1.64. The van der Waals surface area contributed by atoms with Gasteiger partial charge in [0.2, 0.25) is 0 Å². The van der Waals surface area contributed by atoms with E-state index in [1.165, 1.54) is 11.1 Å². The van der Waals surface area contributed by atoms with Crippen molar-refractivity contribution >= 4 is 17.3 Å². The average Bonchev–Trinajstić information content (AvgIpc) is 2.71. The van der Waals surface area contributed by atoms with E-state index >= 15 is 0 Å². The van der Waals surface area contributed by atoms with Gasteiger partial charge in [-0.1, -0.05) is 38.1 Å². The van der Waals surface area contributed by atoms with E-state index in [0.29, 0.717) is 12.0 Å². The summed E-state index contributed by atoms with van der Waals surface area (Å²) in [6, 6.07) is 9.45. The Kier molecular flexibility index (Phi) is 9.18. The Morgan fingerprint density at radius 2 is 1.73 bits per heavy atom. The third-order valence-electron chi connectivity index (χ3n) is 6.83. The van der Waals surface area contributed by atoms with Crippen molar-refractivity contribution in [2.45, 2.75) is 90.4 Å². The predicted octanol–water partition coefficient (Wildman–Crippen LogP) is 4.52. The van der Waals surface area contributed by atoms with Crippen LogP contribution in [0.4, 0.5) is 0 Å². The first-order valence-electron chi connectivity index (χ1n) is 12.8. The van der Waals surface area contributed by atoms with Gasteiger partial charge in [-0.05, 0) is 76.2 Å². The molecule has 2 aliphatic rings. The van der Waals surface area contributed by atoms with Gasteiger partial charge < -0.3 is 20.3 Å². The second-order valence-electron chi connectivity index (χ2n) is 11.6. The molecule has 0 radical (unpaired) electrons. The lowest BCUT2D eigenvalue weighted by Gasteiger charge is -2.47. The Morgan fingerprint density at radius 1 is 1.12 bits per heavy atom. The molecule has 2 saturated heterocycles. The van der Waals surface area contributed by atoms with Crippen LogP contribution in [0, 0.1) is 0 Å². The number of morpholine rings is 1. The molecule has 5 nitrogen and oxygen atoms in total. The average molecular weight is 475 g/mol. The summed E-state index contributed by atoms with van der Waals surface area (Å²) in [5, 5.41) is 8.42. The Labute approximate surface area is 207 Å². The van der Waals surface area contributed by atoms with Crippen LogP contribution in [0.2, 0.25) is 0 Å². The molecule has 2 heterocycles. The zero-order valence-corrected chi connectivity index (χ0v) is 22.6. The molecule has 0 aromatic heterocycles. The molecule has 0 amide bonds. The topological polar surface area (TPSA) is 39.8 Å². The van der Waals surface area contributed by atoms with E-state index in [-0.39, 0.29) is 11.1 Å². The molecular formula is C27H46N4OS. The van der Waals surface area contributed by atoms with E-state index in [1.54, 1.807) is 0 Å². The molecule has 6 heteroatoms. The molecule has 0 spiro atoms. The number of hydrogen-bond donors (Lipinski definition) is 2. The van der Waals surface area contributed by atoms with E-state index in [9.17, 15) is 0 Å². The maximum absolute atomic E-state index is 6.00. The monoisotopic (exact) mass is 474 g/mol. The summed E-state index contributed by atoms with van der Waals surface area (Å²) in [7, 11) is 0. The highest BCUT2D eigenvalue weighted by Crippen LogP contribution is 2.28. The van der Waals surface area contributed by atoms with Crippen molar-refractivity contribution in [2.24, 2.45) is 0 Å². The van der Waals surface area contributed by atoms with Crippen molar-refractivity contribution in [3.63, 3.8) is 0 Å². The van der Waals surface area contributed by atoms with Gasteiger partial charge in [-0.25, -0.2) is 0 Å². The van der Waals surface area contributed by atoms with Crippen molar-refractivity contribution in [3.05, 3.63) is 35.4 Å². The smallest absolute Gasteiger partial charge is 0.169 e. The minimum Gasteiger partial charge on any atom is -0.379 e. The van der Waals surface area contributed by atoms with Gasteiger partial charge in [-0.2, -0.15) is 0 Å². The van der Waals surface area contributed by atoms with Gasteiger partial charge >= 0.3 is 0 Å². The molecule has 3 rings (SSSR count). The van der Waals surface area contributed by atoms with Crippen molar-refractivity contribution in [1.82, 2.24) is 20.4 Å². The second-order valence-corrected chi connectivity index (χ2v) is 12.0. The van der Waals surface area contributed by atoms with Gasteiger partial charge in [0.05, 0.1) is 13.2 Å². The van der Waals surface area contributed by atoms with Gasteiger partial charge in [-0.15, -0.1) is 0 Å². The number of ether oxygens (including phenoxy) is 1. The molecule has 186 valence electrons. The summed E-state index contributed by atoms with van der Waals surface area (Å²) in [6.45, 7) is 20.4. The normalized spacial score (nSPS) is 21.2. The molecule has 0 bridgehead atoms. The Bertz CT molecular complexity index is 740. The molecule has 0 unspecified atom stereocenters. The van der Waals surface area contributed by atoms with Crippen molar-refractivity contribution < 1.29 is 4.74 Å². The molecule has 1 aromatic carbocycles. The molecular weight excluding hydrogens is 428 g/mol. The van der Waals surface area contributed by atoms with Gasteiger partial charge in [0.25, 0.3) is 0 Å². The summed E-state index contributed by atoms with van der Waals surface area (Å²) in [5.74, 6) is 0.554. The van der Waals surface area contributed by atoms with Gasteiger partial charge in [0, 0.05) is 49.8 Å². The first kappa shape index (κ1) is 26.4. The molecule has 2 aliphatic heterocycles. The molecule has 0 saturated carbocycles. The fourth-order valence-corrected chi connectivity index (χ4v) is 5.80. The van der Waals surface area contributed by atoms with E-state index in [1.807, 2.05) is 0 Å². The highest BCUT2D eigenvalue weighted by Gasteiger charge is 2.38. The summed E-state index contributed by atoms with van der Waals surface area (Å²) >= 11 is 6.00. The lowest BCUT2D eigenvalue weighted by Crippen LogP contribution is -2.62. The number of piperidine rings is 1. The third kappa shape index (κ3) is 8.50. The maximum Gasteiger partial charge on any atom is 0.169 e. The third-order valence-corrected chi connectivity index (χ3v) is 7.21. The van der Waals surface area contributed by atoms with E-state index in [0.717, 1.165) is 70.3 Å². The van der Waals surface area contributed by atoms with E-state index < -0.39 is 0 Å². The Hall–Kier alpha value is -1.21. The first-order valence-corrected chi connectivity index (χ1v) is 13.2. The minimum absolute atomic E-state index is 0.100. The minimum atomic E-state index is 0.100. The van der Waals surface area contributed by atoms with Crippen molar-refractivity contribution in [1.29, 1.82) is 0 Å². The van der Waals surface area contributed by atoms with Crippen LogP contribution in [0.5, 0.6) is 0 Å². The molecule has 2 fully saturated rings. The van der Waals surface area contributed by atoms with Crippen LogP contribution in [0.15, 0.2) is 24.3 Å². The lowest BCUT2D eigenvalue weighted by molar-refractivity contribution is 0.0367. The van der Waals surface area contributed by atoms with Crippen LogP contribution in [-0.4, -0.2) is 71.4 Å². The number of rotatable bonds is 8. The van der Waals surface area contributed by atoms with Crippen LogP contribution in [0.25, 0.3) is 0 Å². The van der Waals surface area contributed by atoms with Crippen molar-refractivity contribution in [2.75, 3.05) is 39.4 Å². The van der Waals surface area contributed by atoms with Gasteiger partial charge in [0.15, 0.2) is 5.11 Å². The zero-order chi connectivity index (χ0) is 24.1. The van der Waals surface area contributed by atoms with Crippen molar-refractivity contribution in [3.8, 4) is 0 Å². The Morgan fingerprint density at radius 3 is 2.30 bits per heavy atom. The molecule has 0 atom stereocenters. The zero-order valence-electron chi connectivity index (χ0n) is 21.7. The largest absolute Gasteiger partial charge is 0.379 e. The fourth-order valence-electron chi connectivity index (χ4n) is 5.48. The summed E-state index contributed by atoms with van der Waals surface area (Å²) in [5.41, 5.74) is 2.91. The van der Waals surface area contributed by atoms with Crippen LogP contribution in [0.1, 0.15) is 77.8 Å². The number of nitrogens with one attached hydrogen (secondary N) is 2. The number of thiocarbonyl (C=S) groups is 1. The highest BCUT2D eigenvalue weighted by molar-refractivity contribution is 7.80. The molecule has 0 aliphatic carbocycles. The predicted molar refractivity (Wildman–Crippen MR) is 143 cm³/mol. The number of nitrogens with zero attached hydrogens (tertiary/aromatic N) is 2. The SMILES string of the molecule is CC(C)c1ccc(CN(CCCN2CCOCC2)C(=S)NC2CC(C)(C)NC(C)(C)C2)cc1. The number of benzene rings is 1. The summed E-state index contributed by atoms with van der Waals surface area (Å²) < 4.78 is 5.50. The molecule has 1 aromatic rings. The summed E-state index contributed by atoms with van der Waals surface area (Å²) in [6.07, 6.45) is 3.25. The van der Waals surface area contributed by atoms with E-state index in [4.69, 9.17) is 17.0 Å². The quantitative estimate of drug-likeness (QED) is 0.540. The number of hydrogen-bond acceptors (Lipinski definition) is 4. The summed E-state index contributed by atoms with van der Waals surface area (Å²) in [4.78, 5) is 4.88. The van der Waals surface area contributed by atoms with Gasteiger partial charge in [0.1, 0.15) is 0 Å². The second kappa shape index (κ2) is 11.5. The van der Waals surface area contributed by atoms with Gasteiger partial charge in [-0.3, -0.25) is 4.90 Å². The van der Waals surface area contributed by atoms with Crippen LogP contribution < -0.4 is 10.6 Å². The van der Waals surface area contributed by atoms with Crippen LogP contribution >= 0.6 is 12.2 Å².